The van der Waals surface area contributed by atoms with Crippen LogP contribution in [0.25, 0.3) is 0 Å². The predicted molar refractivity (Wildman–Crippen MR) is 61.4 cm³/mol. The first-order valence-corrected chi connectivity index (χ1v) is 6.25. The Morgan fingerprint density at radius 2 is 1.82 bits per heavy atom. The molecule has 88 valence electrons. The zero-order chi connectivity index (χ0) is 12.3. The van der Waals surface area contributed by atoms with Crippen molar-refractivity contribution in [3.8, 4) is 0 Å². The quantitative estimate of drug-likeness (QED) is 0.909. The van der Waals surface area contributed by atoms with Gasteiger partial charge in [0.15, 0.2) is 0 Å². The van der Waals surface area contributed by atoms with Crippen LogP contribution in [-0.4, -0.2) is 13.4 Å². The summed E-state index contributed by atoms with van der Waals surface area (Å²) in [6.45, 7) is 0. The van der Waals surface area contributed by atoms with Crippen LogP contribution in [0.15, 0.2) is 53.7 Å². The molecule has 2 rings (SSSR count). The van der Waals surface area contributed by atoms with Gasteiger partial charge in [-0.15, -0.1) is 0 Å². The number of sulfonamides is 1. The monoisotopic (exact) mass is 252 g/mol. The smallest absolute Gasteiger partial charge is 0.263 e. The lowest BCUT2D eigenvalue weighted by atomic mass is 10.3. The summed E-state index contributed by atoms with van der Waals surface area (Å²) >= 11 is 0. The molecule has 0 aliphatic heterocycles. The molecular weight excluding hydrogens is 243 g/mol. The molecule has 6 heteroatoms. The Morgan fingerprint density at radius 3 is 2.47 bits per heavy atom. The number of pyridine rings is 1. The summed E-state index contributed by atoms with van der Waals surface area (Å²) in [6.07, 6.45) is 2.04. The van der Waals surface area contributed by atoms with Gasteiger partial charge in [0, 0.05) is 11.9 Å². The Labute approximate surface area is 98.2 Å². The van der Waals surface area contributed by atoms with E-state index >= 15 is 0 Å². The lowest BCUT2D eigenvalue weighted by Crippen LogP contribution is -2.13. The Hall–Kier alpha value is -1.95. The fourth-order valence-electron chi connectivity index (χ4n) is 1.26. The highest BCUT2D eigenvalue weighted by Gasteiger charge is 2.14. The normalized spacial score (nSPS) is 11.1. The second-order valence-electron chi connectivity index (χ2n) is 3.31. The minimum absolute atomic E-state index is 0.207. The third kappa shape index (κ3) is 2.79. The summed E-state index contributed by atoms with van der Waals surface area (Å²) in [4.78, 5) is 3.29. The number of nitrogens with one attached hydrogen (secondary N) is 1. The van der Waals surface area contributed by atoms with E-state index in [0.717, 1.165) is 18.5 Å². The third-order valence-corrected chi connectivity index (χ3v) is 3.36. The van der Waals surface area contributed by atoms with Crippen LogP contribution in [0, 0.1) is 5.82 Å². The fourth-order valence-corrected chi connectivity index (χ4v) is 2.29. The largest absolute Gasteiger partial charge is 0.280 e. The molecule has 0 saturated heterocycles. The van der Waals surface area contributed by atoms with E-state index in [2.05, 4.69) is 9.71 Å². The molecule has 0 unspecified atom stereocenters. The first-order chi connectivity index (χ1) is 8.08. The molecule has 0 aliphatic carbocycles. The fraction of sp³-hybridized carbons (Fsp3) is 0. The molecule has 0 aliphatic rings. The van der Waals surface area contributed by atoms with Crippen LogP contribution in [-0.2, 0) is 10.0 Å². The number of aromatic nitrogens is 1. The molecule has 0 radical (unpaired) electrons. The van der Waals surface area contributed by atoms with Crippen molar-refractivity contribution in [2.75, 3.05) is 4.72 Å². The summed E-state index contributed by atoms with van der Waals surface area (Å²) in [5, 5.41) is 0. The Kier molecular flexibility index (Phi) is 3.06. The van der Waals surface area contributed by atoms with Crippen molar-refractivity contribution >= 4 is 15.7 Å². The number of hydrogen-bond acceptors (Lipinski definition) is 3. The van der Waals surface area contributed by atoms with Gasteiger partial charge >= 0.3 is 0 Å². The molecule has 2 aromatic rings. The van der Waals surface area contributed by atoms with E-state index in [-0.39, 0.29) is 4.90 Å². The molecule has 1 aromatic heterocycles. The van der Waals surface area contributed by atoms with Gasteiger partial charge in [0.1, 0.15) is 10.7 Å². The number of para-hydroxylation sites is 1. The average Bonchev–Trinajstić information content (AvgIpc) is 2.30. The van der Waals surface area contributed by atoms with Gasteiger partial charge in [0.25, 0.3) is 10.0 Å². The third-order valence-electron chi connectivity index (χ3n) is 2.02. The molecule has 0 amide bonds. The SMILES string of the molecule is O=S(=O)(Nc1ccccc1)c1cncc(F)c1. The van der Waals surface area contributed by atoms with Crippen LogP contribution in [0.3, 0.4) is 0 Å². The number of anilines is 1. The molecule has 0 bridgehead atoms. The summed E-state index contributed by atoms with van der Waals surface area (Å²) in [7, 11) is -3.79. The van der Waals surface area contributed by atoms with Crippen molar-refractivity contribution < 1.29 is 12.8 Å². The van der Waals surface area contributed by atoms with Gasteiger partial charge < -0.3 is 0 Å². The number of nitrogens with zero attached hydrogens (tertiary/aromatic N) is 1. The summed E-state index contributed by atoms with van der Waals surface area (Å²) in [6, 6.07) is 9.28. The Bertz CT molecular complexity index is 614. The minimum atomic E-state index is -3.79. The van der Waals surface area contributed by atoms with Crippen molar-refractivity contribution in [2.45, 2.75) is 4.90 Å². The highest BCUT2D eigenvalue weighted by molar-refractivity contribution is 7.92. The van der Waals surface area contributed by atoms with Crippen molar-refractivity contribution in [1.29, 1.82) is 0 Å². The van der Waals surface area contributed by atoms with E-state index in [1.165, 1.54) is 0 Å². The van der Waals surface area contributed by atoms with E-state index in [9.17, 15) is 12.8 Å². The molecule has 17 heavy (non-hydrogen) atoms. The van der Waals surface area contributed by atoms with Crippen molar-refractivity contribution in [3.63, 3.8) is 0 Å². The van der Waals surface area contributed by atoms with Gasteiger partial charge in [-0.05, 0) is 18.2 Å². The van der Waals surface area contributed by atoms with E-state index in [4.69, 9.17) is 0 Å². The van der Waals surface area contributed by atoms with Crippen molar-refractivity contribution in [1.82, 2.24) is 4.98 Å². The summed E-state index contributed by atoms with van der Waals surface area (Å²) in [5.41, 5.74) is 0.414. The van der Waals surface area contributed by atoms with Crippen LogP contribution in [0.5, 0.6) is 0 Å². The van der Waals surface area contributed by atoms with E-state index in [1.807, 2.05) is 0 Å². The van der Waals surface area contributed by atoms with E-state index < -0.39 is 15.8 Å². The van der Waals surface area contributed by atoms with Gasteiger partial charge in [0.05, 0.1) is 6.20 Å². The summed E-state index contributed by atoms with van der Waals surface area (Å²) < 4.78 is 38.9. The maximum atomic E-state index is 12.9. The highest BCUT2D eigenvalue weighted by Crippen LogP contribution is 2.15. The standard InChI is InChI=1S/C11H9FN2O2S/c12-9-6-11(8-13-7-9)17(15,16)14-10-4-2-1-3-5-10/h1-8,14H. The minimum Gasteiger partial charge on any atom is -0.280 e. The Morgan fingerprint density at radius 1 is 1.12 bits per heavy atom. The van der Waals surface area contributed by atoms with Gasteiger partial charge in [0.2, 0.25) is 0 Å². The van der Waals surface area contributed by atoms with Crippen LogP contribution in [0.1, 0.15) is 0 Å². The molecule has 0 spiro atoms. The molecule has 4 nitrogen and oxygen atoms in total. The first kappa shape index (κ1) is 11.5. The highest BCUT2D eigenvalue weighted by atomic mass is 32.2. The number of benzene rings is 1. The number of hydrogen-bond donors (Lipinski definition) is 1. The van der Waals surface area contributed by atoms with Crippen LogP contribution >= 0.6 is 0 Å². The van der Waals surface area contributed by atoms with Gasteiger partial charge in [-0.3, -0.25) is 9.71 Å². The molecule has 1 aromatic carbocycles. The molecule has 0 saturated carbocycles. The van der Waals surface area contributed by atoms with Gasteiger partial charge in [-0.2, -0.15) is 0 Å². The number of halogens is 1. The second-order valence-corrected chi connectivity index (χ2v) is 4.99. The van der Waals surface area contributed by atoms with Crippen LogP contribution < -0.4 is 4.72 Å². The van der Waals surface area contributed by atoms with E-state index in [0.29, 0.717) is 5.69 Å². The molecule has 1 N–H and O–H groups in total. The maximum Gasteiger partial charge on any atom is 0.263 e. The zero-order valence-corrected chi connectivity index (χ0v) is 9.49. The zero-order valence-electron chi connectivity index (χ0n) is 8.67. The van der Waals surface area contributed by atoms with Crippen molar-refractivity contribution in [3.05, 3.63) is 54.6 Å². The number of rotatable bonds is 3. The molecule has 0 fully saturated rings. The molecular formula is C11H9FN2O2S. The topological polar surface area (TPSA) is 59.1 Å². The Balaban J connectivity index is 2.32. The van der Waals surface area contributed by atoms with E-state index in [1.54, 1.807) is 30.3 Å². The lowest BCUT2D eigenvalue weighted by Gasteiger charge is -2.07. The van der Waals surface area contributed by atoms with Crippen molar-refractivity contribution in [2.24, 2.45) is 0 Å². The van der Waals surface area contributed by atoms with Crippen LogP contribution in [0.2, 0.25) is 0 Å². The summed E-state index contributed by atoms with van der Waals surface area (Å²) in [5.74, 6) is -0.694. The van der Waals surface area contributed by atoms with Crippen LogP contribution in [0.4, 0.5) is 10.1 Å². The molecule has 1 heterocycles. The van der Waals surface area contributed by atoms with Gasteiger partial charge in [-0.1, -0.05) is 18.2 Å². The predicted octanol–water partition coefficient (Wildman–Crippen LogP) is 2.02. The first-order valence-electron chi connectivity index (χ1n) is 4.76. The average molecular weight is 252 g/mol. The lowest BCUT2D eigenvalue weighted by molar-refractivity contribution is 0.592. The molecule has 0 atom stereocenters. The van der Waals surface area contributed by atoms with Gasteiger partial charge in [-0.25, -0.2) is 12.8 Å². The maximum absolute atomic E-state index is 12.9. The second kappa shape index (κ2) is 4.50.